The summed E-state index contributed by atoms with van der Waals surface area (Å²) in [6.07, 6.45) is 5.79. The molecule has 1 aliphatic carbocycles. The largest absolute Gasteiger partial charge is 0.349 e. The third kappa shape index (κ3) is 3.22. The molecule has 26 heavy (non-hydrogen) atoms. The van der Waals surface area contributed by atoms with Gasteiger partial charge in [-0.25, -0.2) is 0 Å². The third-order valence-electron chi connectivity index (χ3n) is 5.37. The molecule has 2 heterocycles. The molecule has 1 amide bonds. The van der Waals surface area contributed by atoms with E-state index in [-0.39, 0.29) is 27.4 Å². The van der Waals surface area contributed by atoms with E-state index in [4.69, 9.17) is 11.6 Å². The van der Waals surface area contributed by atoms with Gasteiger partial charge in [-0.2, -0.15) is 8.42 Å². The van der Waals surface area contributed by atoms with E-state index in [9.17, 15) is 13.2 Å². The van der Waals surface area contributed by atoms with Gasteiger partial charge in [-0.1, -0.05) is 18.0 Å². The van der Waals surface area contributed by atoms with Gasteiger partial charge in [0, 0.05) is 19.0 Å². The highest BCUT2D eigenvalue weighted by Gasteiger charge is 2.34. The number of benzene rings is 1. The fourth-order valence-electron chi connectivity index (χ4n) is 3.67. The van der Waals surface area contributed by atoms with E-state index in [0.29, 0.717) is 30.4 Å². The maximum absolute atomic E-state index is 12.7. The number of amidine groups is 1. The average molecular weight is 396 g/mol. The van der Waals surface area contributed by atoms with Gasteiger partial charge >= 0.3 is 0 Å². The molecule has 1 N–H and O–H groups in total. The molecule has 1 saturated heterocycles. The number of hydrogen-bond acceptors (Lipinski definition) is 4. The van der Waals surface area contributed by atoms with Crippen LogP contribution >= 0.6 is 11.6 Å². The predicted molar refractivity (Wildman–Crippen MR) is 102 cm³/mol. The van der Waals surface area contributed by atoms with E-state index in [2.05, 4.69) is 9.71 Å². The van der Waals surface area contributed by atoms with Crippen LogP contribution in [0, 0.1) is 5.92 Å². The molecular formula is C18H22ClN3O3S. The Balaban J connectivity index is 1.73. The van der Waals surface area contributed by atoms with Crippen molar-refractivity contribution in [3.05, 3.63) is 22.7 Å². The summed E-state index contributed by atoms with van der Waals surface area (Å²) in [5.74, 6) is 0.743. The van der Waals surface area contributed by atoms with Crippen LogP contribution in [0.2, 0.25) is 5.02 Å². The van der Waals surface area contributed by atoms with Crippen LogP contribution in [-0.4, -0.2) is 32.7 Å². The van der Waals surface area contributed by atoms with Gasteiger partial charge in [0.2, 0.25) is 0 Å². The number of nitrogens with zero attached hydrogens (tertiary/aromatic N) is 2. The van der Waals surface area contributed by atoms with Crippen LogP contribution in [0.25, 0.3) is 0 Å². The number of nitrogens with one attached hydrogen (secondary N) is 1. The van der Waals surface area contributed by atoms with Crippen LogP contribution in [0.5, 0.6) is 0 Å². The molecule has 0 unspecified atom stereocenters. The topological polar surface area (TPSA) is 78.8 Å². The maximum Gasteiger partial charge on any atom is 0.286 e. The molecule has 1 aromatic carbocycles. The Labute approximate surface area is 158 Å². The van der Waals surface area contributed by atoms with E-state index >= 15 is 0 Å². The molecule has 0 bridgehead atoms. The molecule has 1 aromatic rings. The molecule has 4 rings (SSSR count). The van der Waals surface area contributed by atoms with Crippen molar-refractivity contribution >= 4 is 39.1 Å². The molecule has 140 valence electrons. The summed E-state index contributed by atoms with van der Waals surface area (Å²) in [7, 11) is -3.83. The lowest BCUT2D eigenvalue weighted by atomic mass is 10.1. The molecule has 6 nitrogen and oxygen atoms in total. The van der Waals surface area contributed by atoms with Gasteiger partial charge in [0.25, 0.3) is 15.9 Å². The lowest BCUT2D eigenvalue weighted by Crippen LogP contribution is -2.36. The van der Waals surface area contributed by atoms with E-state index < -0.39 is 10.0 Å². The molecule has 0 spiro atoms. The number of halogens is 1. The number of fused-ring (bicyclic) bond motifs is 3. The number of anilines is 1. The Hall–Kier alpha value is -1.60. The number of carbonyl (C=O) groups excluding carboxylic acids is 1. The van der Waals surface area contributed by atoms with Crippen LogP contribution in [0.1, 0.15) is 55.8 Å². The second kappa shape index (κ2) is 6.53. The van der Waals surface area contributed by atoms with Crippen LogP contribution < -0.4 is 10.2 Å². The standard InChI is InChI=1S/C18H22ClN3O3S/c1-11(12-6-7-12)20-18(23)13-9-16-15(10-14(13)19)22-8-4-2-3-5-17(22)21-26(16,24)25/h9-12H,2-8H2,1H3,(H,20,23)/t11-/m0/s1. The van der Waals surface area contributed by atoms with Crippen molar-refractivity contribution in [2.45, 2.75) is 56.4 Å². The molecule has 2 fully saturated rings. The Kier molecular flexibility index (Phi) is 4.47. The summed E-state index contributed by atoms with van der Waals surface area (Å²) in [6.45, 7) is 2.67. The van der Waals surface area contributed by atoms with E-state index in [1.807, 2.05) is 11.8 Å². The number of rotatable bonds is 3. The van der Waals surface area contributed by atoms with Crippen LogP contribution in [0.15, 0.2) is 21.4 Å². The fraction of sp³-hybridized carbons (Fsp3) is 0.556. The summed E-state index contributed by atoms with van der Waals surface area (Å²) in [5.41, 5.74) is 0.726. The number of hydrogen-bond donors (Lipinski definition) is 1. The van der Waals surface area contributed by atoms with Gasteiger partial charge in [0.15, 0.2) is 0 Å². The van der Waals surface area contributed by atoms with Crippen molar-refractivity contribution in [1.82, 2.24) is 5.32 Å². The Bertz CT molecular complexity index is 893. The van der Waals surface area contributed by atoms with Gasteiger partial charge in [-0.05, 0) is 50.7 Å². The quantitative estimate of drug-likeness (QED) is 0.851. The molecule has 8 heteroatoms. The lowest BCUT2D eigenvalue weighted by molar-refractivity contribution is 0.0936. The van der Waals surface area contributed by atoms with Gasteiger partial charge < -0.3 is 10.2 Å². The first kappa shape index (κ1) is 17.8. The minimum absolute atomic E-state index is 0.0569. The van der Waals surface area contributed by atoms with Crippen LogP contribution in [0.4, 0.5) is 5.69 Å². The molecule has 2 aliphatic heterocycles. The molecule has 1 atom stereocenters. The van der Waals surface area contributed by atoms with Gasteiger partial charge in [0.05, 0.1) is 16.3 Å². The first-order valence-electron chi connectivity index (χ1n) is 9.12. The molecule has 0 radical (unpaired) electrons. The zero-order valence-electron chi connectivity index (χ0n) is 14.7. The Morgan fingerprint density at radius 1 is 1.31 bits per heavy atom. The summed E-state index contributed by atoms with van der Waals surface area (Å²) in [6, 6.07) is 3.04. The smallest absolute Gasteiger partial charge is 0.286 e. The second-order valence-electron chi connectivity index (χ2n) is 7.34. The molecule has 3 aliphatic rings. The van der Waals surface area contributed by atoms with Crippen molar-refractivity contribution in [2.75, 3.05) is 11.4 Å². The summed E-state index contributed by atoms with van der Waals surface area (Å²) in [4.78, 5) is 14.6. The summed E-state index contributed by atoms with van der Waals surface area (Å²) < 4.78 is 29.4. The van der Waals surface area contributed by atoms with E-state index in [0.717, 1.165) is 32.1 Å². The van der Waals surface area contributed by atoms with E-state index in [1.54, 1.807) is 6.07 Å². The van der Waals surface area contributed by atoms with Crippen LogP contribution in [-0.2, 0) is 10.0 Å². The van der Waals surface area contributed by atoms with Crippen molar-refractivity contribution in [2.24, 2.45) is 10.3 Å². The highest BCUT2D eigenvalue weighted by Crippen LogP contribution is 2.38. The normalized spacial score (nSPS) is 22.5. The van der Waals surface area contributed by atoms with Crippen molar-refractivity contribution in [3.63, 3.8) is 0 Å². The number of carbonyl (C=O) groups is 1. The Morgan fingerprint density at radius 3 is 2.81 bits per heavy atom. The first-order valence-corrected chi connectivity index (χ1v) is 10.9. The van der Waals surface area contributed by atoms with Crippen LogP contribution in [0.3, 0.4) is 0 Å². The summed E-state index contributed by atoms with van der Waals surface area (Å²) >= 11 is 6.38. The van der Waals surface area contributed by atoms with E-state index in [1.165, 1.54) is 6.07 Å². The fourth-order valence-corrected chi connectivity index (χ4v) is 5.18. The first-order chi connectivity index (χ1) is 12.4. The number of sulfonamides is 1. The highest BCUT2D eigenvalue weighted by atomic mass is 35.5. The second-order valence-corrected chi connectivity index (χ2v) is 9.32. The van der Waals surface area contributed by atoms with Crippen molar-refractivity contribution < 1.29 is 13.2 Å². The van der Waals surface area contributed by atoms with Gasteiger partial charge in [0.1, 0.15) is 10.7 Å². The zero-order valence-corrected chi connectivity index (χ0v) is 16.2. The predicted octanol–water partition coefficient (Wildman–Crippen LogP) is 3.35. The van der Waals surface area contributed by atoms with Gasteiger partial charge in [-0.15, -0.1) is 4.40 Å². The zero-order chi connectivity index (χ0) is 18.5. The third-order valence-corrected chi connectivity index (χ3v) is 7.02. The van der Waals surface area contributed by atoms with Gasteiger partial charge in [-0.3, -0.25) is 4.79 Å². The summed E-state index contributed by atoms with van der Waals surface area (Å²) in [5, 5.41) is 3.20. The molecule has 1 saturated carbocycles. The SMILES string of the molecule is C[C@H](NC(=O)c1cc2c(cc1Cl)N1CCCCCC1=NS2(=O)=O)C1CC1. The monoisotopic (exact) mass is 395 g/mol. The molecular weight excluding hydrogens is 374 g/mol. The minimum atomic E-state index is -3.83. The number of amides is 1. The molecule has 0 aromatic heterocycles. The average Bonchev–Trinajstić information content (AvgIpc) is 3.41. The van der Waals surface area contributed by atoms with Crippen molar-refractivity contribution in [3.8, 4) is 0 Å². The van der Waals surface area contributed by atoms with Crippen molar-refractivity contribution in [1.29, 1.82) is 0 Å². The highest BCUT2D eigenvalue weighted by molar-refractivity contribution is 7.90. The Morgan fingerprint density at radius 2 is 2.08 bits per heavy atom. The lowest BCUT2D eigenvalue weighted by Gasteiger charge is -2.30. The minimum Gasteiger partial charge on any atom is -0.349 e. The maximum atomic E-state index is 12.7.